The zero-order valence-electron chi connectivity index (χ0n) is 16.3. The van der Waals surface area contributed by atoms with Crippen LogP contribution in [-0.4, -0.2) is 49.0 Å². The SMILES string of the molecule is O=C(Nc1nnc(-c2ccco2)o1)C1CCN(c2ccc3nnc(C(F)(F)F)n3n2)CC1. The van der Waals surface area contributed by atoms with Gasteiger partial charge in [-0.2, -0.15) is 17.7 Å². The molecule has 0 unspecified atom stereocenters. The van der Waals surface area contributed by atoms with Crippen molar-refractivity contribution in [3.8, 4) is 11.7 Å². The standard InChI is InChI=1S/C18H15F3N8O3/c19-18(20,21)16-25-23-12-3-4-13(27-29(12)16)28-7-5-10(6-8-28)14(30)22-17-26-24-15(32-17)11-2-1-9-31-11/h1-4,9-10H,5-8H2,(H,22,26,30). The topological polar surface area (TPSA) is 127 Å². The van der Waals surface area contributed by atoms with Gasteiger partial charge in [-0.1, -0.05) is 5.10 Å². The smallest absolute Gasteiger partial charge is 0.453 e. The number of nitrogens with one attached hydrogen (secondary N) is 1. The number of halogens is 3. The third-order valence-electron chi connectivity index (χ3n) is 5.08. The fourth-order valence-electron chi connectivity index (χ4n) is 3.48. The van der Waals surface area contributed by atoms with Crippen molar-refractivity contribution in [2.75, 3.05) is 23.3 Å². The second kappa shape index (κ2) is 7.62. The Labute approximate surface area is 177 Å². The Bertz CT molecular complexity index is 1240. The molecule has 1 saturated heterocycles. The van der Waals surface area contributed by atoms with Gasteiger partial charge in [-0.15, -0.1) is 20.4 Å². The number of aromatic nitrogens is 6. The van der Waals surface area contributed by atoms with E-state index < -0.39 is 12.0 Å². The Morgan fingerprint density at radius 2 is 1.91 bits per heavy atom. The lowest BCUT2D eigenvalue weighted by molar-refractivity contribution is -0.146. The monoisotopic (exact) mass is 448 g/mol. The summed E-state index contributed by atoms with van der Waals surface area (Å²) in [5, 5.41) is 20.9. The molecule has 0 spiro atoms. The van der Waals surface area contributed by atoms with Gasteiger partial charge in [0.1, 0.15) is 5.82 Å². The zero-order valence-corrected chi connectivity index (χ0v) is 16.3. The summed E-state index contributed by atoms with van der Waals surface area (Å²) >= 11 is 0. The highest BCUT2D eigenvalue weighted by molar-refractivity contribution is 5.90. The van der Waals surface area contributed by atoms with Gasteiger partial charge >= 0.3 is 12.2 Å². The fourth-order valence-corrected chi connectivity index (χ4v) is 3.48. The molecule has 0 bridgehead atoms. The van der Waals surface area contributed by atoms with Gasteiger partial charge in [0.05, 0.1) is 6.26 Å². The largest absolute Gasteiger partial charge is 0.459 e. The number of alkyl halides is 3. The Balaban J connectivity index is 1.23. The first-order valence-corrected chi connectivity index (χ1v) is 9.61. The number of furan rings is 1. The quantitative estimate of drug-likeness (QED) is 0.501. The van der Waals surface area contributed by atoms with Gasteiger partial charge in [0.25, 0.3) is 11.7 Å². The first-order valence-electron chi connectivity index (χ1n) is 9.61. The van der Waals surface area contributed by atoms with Crippen molar-refractivity contribution in [3.05, 3.63) is 36.4 Å². The minimum Gasteiger partial charge on any atom is -0.459 e. The molecule has 4 aromatic rings. The summed E-state index contributed by atoms with van der Waals surface area (Å²) in [6.45, 7) is 0.864. The van der Waals surface area contributed by atoms with E-state index in [0.717, 1.165) is 0 Å². The summed E-state index contributed by atoms with van der Waals surface area (Å²) < 4.78 is 50.5. The van der Waals surface area contributed by atoms with Crippen LogP contribution < -0.4 is 10.2 Å². The van der Waals surface area contributed by atoms with Crippen LogP contribution in [0.1, 0.15) is 18.7 Å². The molecule has 5 rings (SSSR count). The van der Waals surface area contributed by atoms with Crippen molar-refractivity contribution in [1.82, 2.24) is 30.0 Å². The predicted octanol–water partition coefficient (Wildman–Crippen LogP) is 2.64. The van der Waals surface area contributed by atoms with E-state index in [1.165, 1.54) is 12.3 Å². The molecule has 0 aromatic carbocycles. The highest BCUT2D eigenvalue weighted by atomic mass is 19.4. The number of rotatable bonds is 4. The van der Waals surface area contributed by atoms with E-state index in [4.69, 9.17) is 8.83 Å². The van der Waals surface area contributed by atoms with E-state index in [0.29, 0.717) is 42.0 Å². The average molecular weight is 448 g/mol. The molecule has 166 valence electrons. The number of nitrogens with zero attached hydrogens (tertiary/aromatic N) is 7. The van der Waals surface area contributed by atoms with Gasteiger partial charge in [-0.3, -0.25) is 10.1 Å². The van der Waals surface area contributed by atoms with Gasteiger partial charge in [-0.05, 0) is 37.1 Å². The van der Waals surface area contributed by atoms with E-state index in [1.807, 2.05) is 4.90 Å². The maximum atomic E-state index is 13.1. The summed E-state index contributed by atoms with van der Waals surface area (Å²) in [5.41, 5.74) is 0.00353. The Hall–Kier alpha value is -3.97. The summed E-state index contributed by atoms with van der Waals surface area (Å²) in [6.07, 6.45) is -2.26. The lowest BCUT2D eigenvalue weighted by atomic mass is 9.96. The number of fused-ring (bicyclic) bond motifs is 1. The number of amides is 1. The van der Waals surface area contributed by atoms with Crippen LogP contribution in [0.4, 0.5) is 25.0 Å². The molecule has 4 aromatic heterocycles. The van der Waals surface area contributed by atoms with Gasteiger partial charge in [0.2, 0.25) is 5.91 Å². The van der Waals surface area contributed by atoms with Crippen LogP contribution in [0.2, 0.25) is 0 Å². The van der Waals surface area contributed by atoms with Crippen LogP contribution in [0.3, 0.4) is 0 Å². The number of hydrogen-bond acceptors (Lipinski definition) is 9. The average Bonchev–Trinajstić information content (AvgIpc) is 3.52. The summed E-state index contributed by atoms with van der Waals surface area (Å²) in [4.78, 5) is 14.4. The number of carbonyl (C=O) groups is 1. The van der Waals surface area contributed by atoms with E-state index in [-0.39, 0.29) is 29.4 Å². The molecular formula is C18H15F3N8O3. The maximum Gasteiger partial charge on any atom is 0.453 e. The van der Waals surface area contributed by atoms with Crippen molar-refractivity contribution in [3.63, 3.8) is 0 Å². The van der Waals surface area contributed by atoms with Crippen molar-refractivity contribution in [2.24, 2.45) is 5.92 Å². The molecule has 1 aliphatic heterocycles. The van der Waals surface area contributed by atoms with Gasteiger partial charge < -0.3 is 13.7 Å². The third-order valence-corrected chi connectivity index (χ3v) is 5.08. The molecule has 1 aliphatic rings. The Morgan fingerprint density at radius 3 is 2.62 bits per heavy atom. The van der Waals surface area contributed by atoms with Crippen LogP contribution in [-0.2, 0) is 11.0 Å². The lowest BCUT2D eigenvalue weighted by Gasteiger charge is -2.31. The lowest BCUT2D eigenvalue weighted by Crippen LogP contribution is -2.38. The van der Waals surface area contributed by atoms with Crippen molar-refractivity contribution in [1.29, 1.82) is 0 Å². The van der Waals surface area contributed by atoms with Gasteiger partial charge in [0.15, 0.2) is 11.4 Å². The second-order valence-electron chi connectivity index (χ2n) is 7.12. The highest BCUT2D eigenvalue weighted by Gasteiger charge is 2.38. The molecule has 0 atom stereocenters. The summed E-state index contributed by atoms with van der Waals surface area (Å²) in [5.74, 6) is -0.902. The van der Waals surface area contributed by atoms with Crippen molar-refractivity contribution >= 4 is 23.4 Å². The minimum absolute atomic E-state index is 0.00353. The molecule has 32 heavy (non-hydrogen) atoms. The first kappa shape index (κ1) is 20.0. The van der Waals surface area contributed by atoms with E-state index in [9.17, 15) is 18.0 Å². The molecule has 0 saturated carbocycles. The second-order valence-corrected chi connectivity index (χ2v) is 7.12. The van der Waals surface area contributed by atoms with Crippen LogP contribution in [0.25, 0.3) is 17.3 Å². The van der Waals surface area contributed by atoms with Gasteiger partial charge in [-0.25, -0.2) is 0 Å². The summed E-state index contributed by atoms with van der Waals surface area (Å²) in [6, 6.07) is 6.29. The number of anilines is 2. The van der Waals surface area contributed by atoms with E-state index in [1.54, 1.807) is 18.2 Å². The molecule has 14 heteroatoms. The molecule has 5 heterocycles. The molecule has 1 fully saturated rings. The number of carbonyl (C=O) groups excluding carboxylic acids is 1. The van der Waals surface area contributed by atoms with Crippen molar-refractivity contribution in [2.45, 2.75) is 19.0 Å². The highest BCUT2D eigenvalue weighted by Crippen LogP contribution is 2.29. The van der Waals surface area contributed by atoms with Crippen molar-refractivity contribution < 1.29 is 26.8 Å². The van der Waals surface area contributed by atoms with Crippen LogP contribution in [0.15, 0.2) is 39.4 Å². The van der Waals surface area contributed by atoms with Crippen LogP contribution in [0, 0.1) is 5.92 Å². The Morgan fingerprint density at radius 1 is 1.09 bits per heavy atom. The van der Waals surface area contributed by atoms with Crippen LogP contribution in [0.5, 0.6) is 0 Å². The molecule has 1 N–H and O–H groups in total. The Kier molecular flexibility index (Phi) is 4.75. The maximum absolute atomic E-state index is 13.1. The first-order chi connectivity index (χ1) is 15.4. The third kappa shape index (κ3) is 3.74. The molecular weight excluding hydrogens is 433 g/mol. The van der Waals surface area contributed by atoms with Gasteiger partial charge in [0, 0.05) is 19.0 Å². The fraction of sp³-hybridized carbons (Fsp3) is 0.333. The molecule has 0 aliphatic carbocycles. The van der Waals surface area contributed by atoms with E-state index >= 15 is 0 Å². The van der Waals surface area contributed by atoms with E-state index in [2.05, 4.69) is 30.8 Å². The summed E-state index contributed by atoms with van der Waals surface area (Å²) in [7, 11) is 0. The van der Waals surface area contributed by atoms with Crippen LogP contribution >= 0.6 is 0 Å². The molecule has 11 nitrogen and oxygen atoms in total. The molecule has 0 radical (unpaired) electrons. The zero-order chi connectivity index (χ0) is 22.3. The minimum atomic E-state index is -4.67. The number of piperidine rings is 1. The molecule has 1 amide bonds. The normalized spacial score (nSPS) is 15.4. The number of hydrogen-bond donors (Lipinski definition) is 1. The predicted molar refractivity (Wildman–Crippen MR) is 101 cm³/mol.